The highest BCUT2D eigenvalue weighted by Crippen LogP contribution is 2.31. The molecule has 7 nitrogen and oxygen atoms in total. The number of nitrogens with one attached hydrogen (secondary N) is 4. The number of anilines is 1. The van der Waals surface area contributed by atoms with Crippen LogP contribution in [-0.2, 0) is 9.59 Å². The van der Waals surface area contributed by atoms with Crippen LogP contribution in [0.5, 0.6) is 0 Å². The van der Waals surface area contributed by atoms with Gasteiger partial charge in [-0.1, -0.05) is 31.0 Å². The summed E-state index contributed by atoms with van der Waals surface area (Å²) < 4.78 is 0. The second-order valence-electron chi connectivity index (χ2n) is 7.48. The van der Waals surface area contributed by atoms with Crippen LogP contribution in [0.4, 0.5) is 5.69 Å². The van der Waals surface area contributed by atoms with Gasteiger partial charge in [0.15, 0.2) is 5.96 Å². The van der Waals surface area contributed by atoms with E-state index in [1.54, 1.807) is 0 Å². The quantitative estimate of drug-likeness (QED) is 0.256. The minimum absolute atomic E-state index is 0. The number of rotatable bonds is 7. The van der Waals surface area contributed by atoms with E-state index in [2.05, 4.69) is 26.3 Å². The smallest absolute Gasteiger partial charge is 0.225 e. The zero-order chi connectivity index (χ0) is 19.8. The van der Waals surface area contributed by atoms with Gasteiger partial charge in [-0.25, -0.2) is 0 Å². The van der Waals surface area contributed by atoms with E-state index in [1.807, 2.05) is 31.2 Å². The van der Waals surface area contributed by atoms with Crippen molar-refractivity contribution < 1.29 is 9.59 Å². The maximum Gasteiger partial charge on any atom is 0.225 e. The van der Waals surface area contributed by atoms with Crippen LogP contribution in [0.25, 0.3) is 0 Å². The van der Waals surface area contributed by atoms with Gasteiger partial charge in [-0.15, -0.1) is 24.0 Å². The number of halogens is 1. The molecule has 0 spiro atoms. The third-order valence-electron chi connectivity index (χ3n) is 5.29. The molecule has 2 aliphatic rings. The Balaban J connectivity index is 0.00000300. The summed E-state index contributed by atoms with van der Waals surface area (Å²) in [4.78, 5) is 28.7. The SMILES string of the molecule is CCNC(=NCC1CC(=O)Nc2ccccc21)NCCC(=O)NC1CCCC1.I. The Hall–Kier alpha value is -1.84. The van der Waals surface area contributed by atoms with Gasteiger partial charge < -0.3 is 21.3 Å². The fourth-order valence-electron chi connectivity index (χ4n) is 3.87. The van der Waals surface area contributed by atoms with Gasteiger partial charge in [-0.2, -0.15) is 0 Å². The van der Waals surface area contributed by atoms with Crippen LogP contribution in [0.2, 0.25) is 0 Å². The van der Waals surface area contributed by atoms with Crippen LogP contribution in [0.15, 0.2) is 29.3 Å². The summed E-state index contributed by atoms with van der Waals surface area (Å²) in [6.07, 6.45) is 5.48. The van der Waals surface area contributed by atoms with Crippen molar-refractivity contribution in [1.82, 2.24) is 16.0 Å². The van der Waals surface area contributed by atoms with Gasteiger partial charge in [0.25, 0.3) is 0 Å². The number of nitrogens with zero attached hydrogens (tertiary/aromatic N) is 1. The van der Waals surface area contributed by atoms with Crippen LogP contribution in [0.3, 0.4) is 0 Å². The molecule has 1 aliphatic carbocycles. The van der Waals surface area contributed by atoms with Gasteiger partial charge in [-0.3, -0.25) is 14.6 Å². The highest BCUT2D eigenvalue weighted by molar-refractivity contribution is 14.0. The minimum atomic E-state index is 0. The maximum atomic E-state index is 12.1. The molecule has 1 aromatic rings. The topological polar surface area (TPSA) is 94.6 Å². The van der Waals surface area contributed by atoms with Crippen LogP contribution in [0.1, 0.15) is 56.9 Å². The van der Waals surface area contributed by atoms with Crippen molar-refractivity contribution >= 4 is 47.4 Å². The highest BCUT2D eigenvalue weighted by Gasteiger charge is 2.24. The Bertz CT molecular complexity index is 719. The number of hydrogen-bond donors (Lipinski definition) is 4. The molecule has 1 atom stereocenters. The Labute approximate surface area is 189 Å². The number of carbonyl (C=O) groups is 2. The standard InChI is InChI=1S/C21H31N5O2.HI/c1-2-22-21(23-12-11-19(27)25-16-7-3-4-8-16)24-14-15-13-20(28)26-18-10-6-5-9-17(15)18;/h5-6,9-10,15-16H,2-4,7-8,11-14H2,1H3,(H,25,27)(H,26,28)(H2,22,23,24);1H. The molecular formula is C21H32IN5O2. The molecule has 2 amide bonds. The first-order valence-electron chi connectivity index (χ1n) is 10.4. The number of aliphatic imine (C=N–C) groups is 1. The van der Waals surface area contributed by atoms with E-state index >= 15 is 0 Å². The molecular weight excluding hydrogens is 481 g/mol. The third-order valence-corrected chi connectivity index (χ3v) is 5.29. The van der Waals surface area contributed by atoms with Gasteiger partial charge >= 0.3 is 0 Å². The summed E-state index contributed by atoms with van der Waals surface area (Å²) in [5.74, 6) is 0.860. The molecule has 0 radical (unpaired) electrons. The molecule has 1 saturated carbocycles. The summed E-state index contributed by atoms with van der Waals surface area (Å²) in [5, 5.41) is 12.5. The normalized spacial score (nSPS) is 19.0. The van der Waals surface area contributed by atoms with Crippen molar-refractivity contribution in [2.45, 2.75) is 57.4 Å². The molecule has 1 aliphatic heterocycles. The molecule has 4 N–H and O–H groups in total. The molecule has 1 unspecified atom stereocenters. The molecule has 29 heavy (non-hydrogen) atoms. The fourth-order valence-corrected chi connectivity index (χ4v) is 3.87. The Morgan fingerprint density at radius 1 is 1.21 bits per heavy atom. The van der Waals surface area contributed by atoms with E-state index in [1.165, 1.54) is 12.8 Å². The lowest BCUT2D eigenvalue weighted by atomic mass is 9.91. The van der Waals surface area contributed by atoms with Gasteiger partial charge in [0.2, 0.25) is 11.8 Å². The summed E-state index contributed by atoms with van der Waals surface area (Å²) in [7, 11) is 0. The van der Waals surface area contributed by atoms with Crippen LogP contribution in [-0.4, -0.2) is 43.5 Å². The van der Waals surface area contributed by atoms with Crippen LogP contribution < -0.4 is 21.3 Å². The predicted molar refractivity (Wildman–Crippen MR) is 127 cm³/mol. The van der Waals surface area contributed by atoms with E-state index in [4.69, 9.17) is 0 Å². The molecule has 8 heteroatoms. The van der Waals surface area contributed by atoms with E-state index in [9.17, 15) is 9.59 Å². The first-order valence-corrected chi connectivity index (χ1v) is 10.4. The second kappa shape index (κ2) is 12.0. The Kier molecular flexibility index (Phi) is 9.69. The zero-order valence-corrected chi connectivity index (χ0v) is 19.3. The number of carbonyl (C=O) groups excluding carboxylic acids is 2. The summed E-state index contributed by atoms with van der Waals surface area (Å²) in [5.41, 5.74) is 2.00. The molecule has 3 rings (SSSR count). The largest absolute Gasteiger partial charge is 0.357 e. The fraction of sp³-hybridized carbons (Fsp3) is 0.571. The lowest BCUT2D eigenvalue weighted by molar-refractivity contribution is -0.121. The molecule has 1 aromatic carbocycles. The molecule has 0 bridgehead atoms. The van der Waals surface area contributed by atoms with Crippen LogP contribution in [0, 0.1) is 0 Å². The minimum Gasteiger partial charge on any atom is -0.357 e. The first-order chi connectivity index (χ1) is 13.7. The van der Waals surface area contributed by atoms with E-state index in [0.29, 0.717) is 37.9 Å². The molecule has 0 saturated heterocycles. The molecule has 0 aromatic heterocycles. The van der Waals surface area contributed by atoms with Gasteiger partial charge in [0, 0.05) is 43.6 Å². The Morgan fingerprint density at radius 2 is 1.97 bits per heavy atom. The number of hydrogen-bond acceptors (Lipinski definition) is 3. The van der Waals surface area contributed by atoms with Crippen molar-refractivity contribution in [3.05, 3.63) is 29.8 Å². The monoisotopic (exact) mass is 513 g/mol. The van der Waals surface area contributed by atoms with Gasteiger partial charge in [-0.05, 0) is 31.4 Å². The molecule has 1 fully saturated rings. The molecule has 160 valence electrons. The lowest BCUT2D eigenvalue weighted by Crippen LogP contribution is -2.40. The Morgan fingerprint density at radius 3 is 2.72 bits per heavy atom. The van der Waals surface area contributed by atoms with Gasteiger partial charge in [0.1, 0.15) is 0 Å². The van der Waals surface area contributed by atoms with Crippen LogP contribution >= 0.6 is 24.0 Å². The van der Waals surface area contributed by atoms with Crippen molar-refractivity contribution in [2.24, 2.45) is 4.99 Å². The number of guanidine groups is 1. The first kappa shape index (κ1) is 23.4. The average molecular weight is 513 g/mol. The van der Waals surface area contributed by atoms with Crippen molar-refractivity contribution in [3.8, 4) is 0 Å². The third kappa shape index (κ3) is 7.17. The van der Waals surface area contributed by atoms with E-state index in [-0.39, 0.29) is 41.7 Å². The number of fused-ring (bicyclic) bond motifs is 1. The molecule has 1 heterocycles. The summed E-state index contributed by atoms with van der Waals surface area (Å²) in [6, 6.07) is 8.23. The van der Waals surface area contributed by atoms with E-state index in [0.717, 1.165) is 30.6 Å². The summed E-state index contributed by atoms with van der Waals surface area (Å²) in [6.45, 7) is 3.80. The number of benzene rings is 1. The highest BCUT2D eigenvalue weighted by atomic mass is 127. The number of amides is 2. The lowest BCUT2D eigenvalue weighted by Gasteiger charge is -2.24. The van der Waals surface area contributed by atoms with Crippen molar-refractivity contribution in [1.29, 1.82) is 0 Å². The zero-order valence-electron chi connectivity index (χ0n) is 17.0. The average Bonchev–Trinajstić information content (AvgIpc) is 3.18. The van der Waals surface area contributed by atoms with Gasteiger partial charge in [0.05, 0.1) is 6.54 Å². The number of para-hydroxylation sites is 1. The second-order valence-corrected chi connectivity index (χ2v) is 7.48. The van der Waals surface area contributed by atoms with Crippen molar-refractivity contribution in [2.75, 3.05) is 25.0 Å². The summed E-state index contributed by atoms with van der Waals surface area (Å²) >= 11 is 0. The maximum absolute atomic E-state index is 12.1. The predicted octanol–water partition coefficient (Wildman–Crippen LogP) is 2.73. The van der Waals surface area contributed by atoms with Crippen molar-refractivity contribution in [3.63, 3.8) is 0 Å². The van der Waals surface area contributed by atoms with E-state index < -0.39 is 0 Å².